The molecule has 5 heteroatoms. The van der Waals surface area contributed by atoms with Gasteiger partial charge in [0.15, 0.2) is 5.84 Å². The normalized spacial score (nSPS) is 13.3. The van der Waals surface area contributed by atoms with Gasteiger partial charge < -0.3 is 8.83 Å². The van der Waals surface area contributed by atoms with Gasteiger partial charge in [-0.1, -0.05) is 97.9 Å². The maximum Gasteiger partial charge on any atom is 0.161 e. The van der Waals surface area contributed by atoms with Crippen molar-refractivity contribution >= 4 is 61.1 Å². The third-order valence-corrected chi connectivity index (χ3v) is 10.6. The highest BCUT2D eigenvalue weighted by atomic mass is 16.3. The number of hydrogen-bond donors (Lipinski definition) is 0. The molecule has 0 saturated carbocycles. The van der Waals surface area contributed by atoms with Crippen molar-refractivity contribution < 1.29 is 8.83 Å². The zero-order valence-corrected chi connectivity index (χ0v) is 30.1. The first-order chi connectivity index (χ1) is 27.1. The lowest BCUT2D eigenvalue weighted by atomic mass is 9.91. The standard InChI is InChI=1S/C50H33N3O2/c1-2-31-29-44(32-12-4-3-5-13-32)52-50(39-15-7-6-14-35(39)30-51)53-49(31)38-25-36(33-20-22-47-42(27-33)40-16-8-10-18-45(40)54-47)24-37(26-38)34-21-23-48-43(28-34)41-17-9-11-19-46(41)55-48/h3-28H,2,29H2,1H3. The summed E-state index contributed by atoms with van der Waals surface area (Å²) in [6.07, 6.45) is 1.40. The van der Waals surface area contributed by atoms with Crippen molar-refractivity contribution in [3.8, 4) is 28.3 Å². The van der Waals surface area contributed by atoms with Crippen molar-refractivity contribution in [3.63, 3.8) is 0 Å². The molecule has 55 heavy (non-hydrogen) atoms. The molecular formula is C50H33N3O2. The third kappa shape index (κ3) is 5.72. The molecule has 0 fully saturated rings. The minimum atomic E-state index is 0.527. The van der Waals surface area contributed by atoms with Crippen LogP contribution in [0.1, 0.15) is 42.0 Å². The minimum absolute atomic E-state index is 0.527. The third-order valence-electron chi connectivity index (χ3n) is 10.6. The first-order valence-corrected chi connectivity index (χ1v) is 18.6. The lowest BCUT2D eigenvalue weighted by Crippen LogP contribution is -2.07. The molecule has 1 aliphatic rings. The molecule has 0 atom stereocenters. The van der Waals surface area contributed by atoms with Crippen LogP contribution in [-0.4, -0.2) is 11.5 Å². The molecule has 260 valence electrons. The highest BCUT2D eigenvalue weighted by Gasteiger charge is 2.22. The van der Waals surface area contributed by atoms with Gasteiger partial charge in [-0.25, -0.2) is 9.98 Å². The van der Waals surface area contributed by atoms with Crippen LogP contribution < -0.4 is 0 Å². The van der Waals surface area contributed by atoms with Crippen molar-refractivity contribution in [2.75, 3.05) is 0 Å². The number of rotatable bonds is 6. The molecule has 0 saturated heterocycles. The molecule has 3 heterocycles. The molecule has 0 unspecified atom stereocenters. The first-order valence-electron chi connectivity index (χ1n) is 18.6. The fourth-order valence-electron chi connectivity index (χ4n) is 7.83. The van der Waals surface area contributed by atoms with E-state index in [1.165, 1.54) is 5.57 Å². The van der Waals surface area contributed by atoms with E-state index < -0.39 is 0 Å². The summed E-state index contributed by atoms with van der Waals surface area (Å²) in [6, 6.07) is 56.2. The molecule has 0 spiro atoms. The second kappa shape index (κ2) is 13.3. The number of aliphatic imine (C=N–C) groups is 2. The average molecular weight is 708 g/mol. The van der Waals surface area contributed by atoms with Gasteiger partial charge in [0, 0.05) is 39.1 Å². The van der Waals surface area contributed by atoms with Crippen LogP contribution in [0.25, 0.3) is 71.8 Å². The van der Waals surface area contributed by atoms with Crippen LogP contribution in [-0.2, 0) is 0 Å². The molecule has 9 aromatic rings. The quantitative estimate of drug-likeness (QED) is 0.173. The average Bonchev–Trinajstić information content (AvgIpc) is 3.74. The topological polar surface area (TPSA) is 74.8 Å². The van der Waals surface area contributed by atoms with E-state index in [0.29, 0.717) is 23.4 Å². The second-order valence-electron chi connectivity index (χ2n) is 13.9. The highest BCUT2D eigenvalue weighted by Crippen LogP contribution is 2.39. The van der Waals surface area contributed by atoms with Gasteiger partial charge >= 0.3 is 0 Å². The number of amidine groups is 1. The van der Waals surface area contributed by atoms with Crippen molar-refractivity contribution in [2.45, 2.75) is 19.8 Å². The lowest BCUT2D eigenvalue weighted by molar-refractivity contribution is 0.668. The Balaban J connectivity index is 1.22. The summed E-state index contributed by atoms with van der Waals surface area (Å²) in [5.41, 5.74) is 13.9. The van der Waals surface area contributed by atoms with Gasteiger partial charge in [0.05, 0.1) is 23.0 Å². The molecule has 0 N–H and O–H groups in total. The van der Waals surface area contributed by atoms with Gasteiger partial charge in [-0.05, 0) is 107 Å². The van der Waals surface area contributed by atoms with Crippen LogP contribution in [0.4, 0.5) is 0 Å². The number of fused-ring (bicyclic) bond motifs is 6. The summed E-state index contributed by atoms with van der Waals surface area (Å²) in [6.45, 7) is 2.18. The summed E-state index contributed by atoms with van der Waals surface area (Å²) in [5, 5.41) is 14.5. The maximum atomic E-state index is 10.2. The highest BCUT2D eigenvalue weighted by molar-refractivity contribution is 6.16. The van der Waals surface area contributed by atoms with Gasteiger partial charge in [0.25, 0.3) is 0 Å². The number of nitrogens with zero attached hydrogens (tertiary/aromatic N) is 3. The fourth-order valence-corrected chi connectivity index (χ4v) is 7.83. The van der Waals surface area contributed by atoms with Gasteiger partial charge in [0.2, 0.25) is 0 Å². The smallest absolute Gasteiger partial charge is 0.161 e. The Morgan fingerprint density at radius 1 is 0.509 bits per heavy atom. The van der Waals surface area contributed by atoms with E-state index in [1.54, 1.807) is 0 Å². The van der Waals surface area contributed by atoms with E-state index in [-0.39, 0.29) is 0 Å². The number of benzene rings is 7. The number of furan rings is 2. The largest absolute Gasteiger partial charge is 0.456 e. The zero-order valence-electron chi connectivity index (χ0n) is 30.1. The Morgan fingerprint density at radius 3 is 1.67 bits per heavy atom. The van der Waals surface area contributed by atoms with Crippen LogP contribution in [0.3, 0.4) is 0 Å². The maximum absolute atomic E-state index is 10.2. The summed E-state index contributed by atoms with van der Waals surface area (Å²) in [7, 11) is 0. The van der Waals surface area contributed by atoms with Crippen LogP contribution in [0, 0.1) is 11.3 Å². The summed E-state index contributed by atoms with van der Waals surface area (Å²) in [4.78, 5) is 10.6. The molecule has 0 amide bonds. The number of allylic oxidation sites excluding steroid dienone is 1. The number of para-hydroxylation sites is 2. The molecular weight excluding hydrogens is 675 g/mol. The van der Waals surface area contributed by atoms with Crippen LogP contribution in [0.2, 0.25) is 0 Å². The zero-order chi connectivity index (χ0) is 36.9. The van der Waals surface area contributed by atoms with Gasteiger partial charge in [-0.3, -0.25) is 0 Å². The first kappa shape index (κ1) is 32.4. The predicted octanol–water partition coefficient (Wildman–Crippen LogP) is 13.2. The fraction of sp³-hybridized carbons (Fsp3) is 0.0600. The van der Waals surface area contributed by atoms with E-state index in [0.717, 1.165) is 95.1 Å². The second-order valence-corrected chi connectivity index (χ2v) is 13.9. The van der Waals surface area contributed by atoms with Gasteiger partial charge in [0.1, 0.15) is 22.3 Å². The summed E-state index contributed by atoms with van der Waals surface area (Å²) < 4.78 is 12.4. The van der Waals surface area contributed by atoms with E-state index in [4.69, 9.17) is 18.8 Å². The SMILES string of the molecule is CCC1=C(c2cc(-c3ccc4oc5ccccc5c4c3)cc(-c3ccc4oc5ccccc5c4c3)c2)N=C(c2ccccc2C#N)N=C(c2ccccc2)C1. The van der Waals surface area contributed by atoms with E-state index >= 15 is 0 Å². The Hall–Kier alpha value is -7.29. The monoisotopic (exact) mass is 707 g/mol. The molecule has 10 rings (SSSR count). The predicted molar refractivity (Wildman–Crippen MR) is 224 cm³/mol. The number of nitriles is 1. The van der Waals surface area contributed by atoms with Gasteiger partial charge in [-0.2, -0.15) is 5.26 Å². The molecule has 5 nitrogen and oxygen atoms in total. The van der Waals surface area contributed by atoms with Crippen LogP contribution in [0.5, 0.6) is 0 Å². The number of hydrogen-bond acceptors (Lipinski definition) is 5. The van der Waals surface area contributed by atoms with E-state index in [2.05, 4.69) is 104 Å². The Bertz CT molecular complexity index is 2980. The minimum Gasteiger partial charge on any atom is -0.456 e. The van der Waals surface area contributed by atoms with Crippen LogP contribution in [0.15, 0.2) is 182 Å². The molecule has 7 aromatic carbocycles. The van der Waals surface area contributed by atoms with Crippen LogP contribution >= 0.6 is 0 Å². The summed E-state index contributed by atoms with van der Waals surface area (Å²) >= 11 is 0. The van der Waals surface area contributed by atoms with E-state index in [1.807, 2.05) is 66.7 Å². The molecule has 0 radical (unpaired) electrons. The Labute approximate surface area is 317 Å². The summed E-state index contributed by atoms with van der Waals surface area (Å²) in [5.74, 6) is 0.527. The van der Waals surface area contributed by atoms with Crippen molar-refractivity contribution in [1.29, 1.82) is 5.26 Å². The molecule has 1 aliphatic heterocycles. The van der Waals surface area contributed by atoms with Crippen molar-refractivity contribution in [1.82, 2.24) is 0 Å². The van der Waals surface area contributed by atoms with Crippen molar-refractivity contribution in [2.24, 2.45) is 9.98 Å². The van der Waals surface area contributed by atoms with E-state index in [9.17, 15) is 5.26 Å². The molecule has 0 aliphatic carbocycles. The Kier molecular flexibility index (Phi) is 7.82. The molecule has 0 bridgehead atoms. The van der Waals surface area contributed by atoms with Gasteiger partial charge in [-0.15, -0.1) is 0 Å². The molecule has 2 aromatic heterocycles. The lowest BCUT2D eigenvalue weighted by Gasteiger charge is -2.15. The Morgan fingerprint density at radius 2 is 1.05 bits per heavy atom. The van der Waals surface area contributed by atoms with Crippen molar-refractivity contribution in [3.05, 3.63) is 186 Å².